The van der Waals surface area contributed by atoms with Crippen LogP contribution in [0.5, 0.6) is 0 Å². The molecule has 0 aromatic carbocycles. The van der Waals surface area contributed by atoms with Crippen molar-refractivity contribution in [3.05, 3.63) is 23.9 Å². The fourth-order valence-corrected chi connectivity index (χ4v) is 2.39. The maximum absolute atomic E-state index is 9.08. The SMILES string of the molecule is CCC(C#N)N1CCN(c2cc(C)ccn2)CC1. The second-order valence-electron chi connectivity index (χ2n) is 4.77. The van der Waals surface area contributed by atoms with Crippen molar-refractivity contribution >= 4 is 5.82 Å². The highest BCUT2D eigenvalue weighted by Gasteiger charge is 2.22. The van der Waals surface area contributed by atoms with Crippen molar-refractivity contribution in [1.29, 1.82) is 5.26 Å². The first-order valence-corrected chi connectivity index (χ1v) is 6.56. The molecule has 0 N–H and O–H groups in total. The zero-order valence-electron chi connectivity index (χ0n) is 11.1. The van der Waals surface area contributed by atoms with Crippen LogP contribution in [0.3, 0.4) is 0 Å². The van der Waals surface area contributed by atoms with Gasteiger partial charge in [-0.25, -0.2) is 4.98 Å². The summed E-state index contributed by atoms with van der Waals surface area (Å²) in [7, 11) is 0. The molecule has 18 heavy (non-hydrogen) atoms. The van der Waals surface area contributed by atoms with Gasteiger partial charge in [-0.1, -0.05) is 6.92 Å². The summed E-state index contributed by atoms with van der Waals surface area (Å²) in [6, 6.07) is 6.58. The molecular formula is C14H20N4. The third-order valence-corrected chi connectivity index (χ3v) is 3.52. The number of anilines is 1. The molecule has 0 saturated carbocycles. The van der Waals surface area contributed by atoms with E-state index in [1.807, 2.05) is 12.3 Å². The molecule has 0 bridgehead atoms. The number of hydrogen-bond donors (Lipinski definition) is 0. The number of aromatic nitrogens is 1. The quantitative estimate of drug-likeness (QED) is 0.813. The van der Waals surface area contributed by atoms with Crippen LogP contribution in [0.15, 0.2) is 18.3 Å². The number of pyridine rings is 1. The Bertz CT molecular complexity index is 430. The molecule has 1 aromatic heterocycles. The lowest BCUT2D eigenvalue weighted by atomic mass is 10.2. The molecular weight excluding hydrogens is 224 g/mol. The van der Waals surface area contributed by atoms with Gasteiger partial charge in [0.15, 0.2) is 0 Å². The predicted molar refractivity (Wildman–Crippen MR) is 72.5 cm³/mol. The zero-order chi connectivity index (χ0) is 13.0. The number of nitrogens with zero attached hydrogens (tertiary/aromatic N) is 4. The molecule has 0 amide bonds. The van der Waals surface area contributed by atoms with Crippen LogP contribution in [0.25, 0.3) is 0 Å². The van der Waals surface area contributed by atoms with Gasteiger partial charge in [0.2, 0.25) is 0 Å². The molecule has 1 unspecified atom stereocenters. The van der Waals surface area contributed by atoms with E-state index in [-0.39, 0.29) is 6.04 Å². The molecule has 2 heterocycles. The molecule has 4 nitrogen and oxygen atoms in total. The second kappa shape index (κ2) is 5.83. The lowest BCUT2D eigenvalue weighted by Gasteiger charge is -2.37. The smallest absolute Gasteiger partial charge is 0.128 e. The lowest BCUT2D eigenvalue weighted by Crippen LogP contribution is -2.50. The van der Waals surface area contributed by atoms with Gasteiger partial charge in [0, 0.05) is 32.4 Å². The number of nitriles is 1. The molecule has 4 heteroatoms. The van der Waals surface area contributed by atoms with Gasteiger partial charge in [0.05, 0.1) is 12.1 Å². The first kappa shape index (κ1) is 12.8. The minimum absolute atomic E-state index is 0.0672. The maximum atomic E-state index is 9.08. The van der Waals surface area contributed by atoms with Gasteiger partial charge in [-0.3, -0.25) is 4.90 Å². The Morgan fingerprint density at radius 1 is 1.39 bits per heavy atom. The van der Waals surface area contributed by atoms with Gasteiger partial charge in [-0.15, -0.1) is 0 Å². The Hall–Kier alpha value is -1.60. The predicted octanol–water partition coefficient (Wildman–Crippen LogP) is 1.81. The van der Waals surface area contributed by atoms with E-state index in [1.165, 1.54) is 5.56 Å². The van der Waals surface area contributed by atoms with Crippen LogP contribution in [0.2, 0.25) is 0 Å². The van der Waals surface area contributed by atoms with Crippen LogP contribution in [0.4, 0.5) is 5.82 Å². The Labute approximate surface area is 109 Å². The Kier molecular flexibility index (Phi) is 4.16. The Balaban J connectivity index is 1.97. The normalized spacial score (nSPS) is 18.4. The molecule has 1 atom stereocenters. The number of aryl methyl sites for hydroxylation is 1. The standard InChI is InChI=1S/C14H20N4/c1-3-13(11-15)17-6-8-18(9-7-17)14-10-12(2)4-5-16-14/h4-5,10,13H,3,6-9H2,1-2H3. The molecule has 1 aliphatic rings. The lowest BCUT2D eigenvalue weighted by molar-refractivity contribution is 0.216. The van der Waals surface area contributed by atoms with E-state index >= 15 is 0 Å². The number of rotatable bonds is 3. The summed E-state index contributed by atoms with van der Waals surface area (Å²) < 4.78 is 0. The highest BCUT2D eigenvalue weighted by molar-refractivity contribution is 5.41. The maximum Gasteiger partial charge on any atom is 0.128 e. The van der Waals surface area contributed by atoms with Gasteiger partial charge in [-0.05, 0) is 31.0 Å². The van der Waals surface area contributed by atoms with E-state index in [1.54, 1.807) is 0 Å². The molecule has 1 saturated heterocycles. The topological polar surface area (TPSA) is 43.2 Å². The molecule has 0 spiro atoms. The summed E-state index contributed by atoms with van der Waals surface area (Å²) >= 11 is 0. The third-order valence-electron chi connectivity index (χ3n) is 3.52. The second-order valence-corrected chi connectivity index (χ2v) is 4.77. The van der Waals surface area contributed by atoms with Gasteiger partial charge in [0.1, 0.15) is 5.82 Å². The summed E-state index contributed by atoms with van der Waals surface area (Å²) in [4.78, 5) is 8.99. The van der Waals surface area contributed by atoms with E-state index in [0.29, 0.717) is 0 Å². The molecule has 2 rings (SSSR count). The van der Waals surface area contributed by atoms with Crippen LogP contribution in [0.1, 0.15) is 18.9 Å². The van der Waals surface area contributed by atoms with Crippen molar-refractivity contribution in [1.82, 2.24) is 9.88 Å². The van der Waals surface area contributed by atoms with Gasteiger partial charge < -0.3 is 4.90 Å². The van der Waals surface area contributed by atoms with E-state index in [9.17, 15) is 0 Å². The van der Waals surface area contributed by atoms with Crippen molar-refractivity contribution in [2.75, 3.05) is 31.1 Å². The van der Waals surface area contributed by atoms with Crippen molar-refractivity contribution in [3.8, 4) is 6.07 Å². The highest BCUT2D eigenvalue weighted by atomic mass is 15.3. The Morgan fingerprint density at radius 2 is 2.11 bits per heavy atom. The van der Waals surface area contributed by atoms with Crippen molar-refractivity contribution in [2.24, 2.45) is 0 Å². The zero-order valence-corrected chi connectivity index (χ0v) is 11.1. The first-order chi connectivity index (χ1) is 8.74. The first-order valence-electron chi connectivity index (χ1n) is 6.56. The fourth-order valence-electron chi connectivity index (χ4n) is 2.39. The van der Waals surface area contributed by atoms with E-state index in [4.69, 9.17) is 5.26 Å². The van der Waals surface area contributed by atoms with Gasteiger partial charge in [-0.2, -0.15) is 5.26 Å². The summed E-state index contributed by atoms with van der Waals surface area (Å²) in [5, 5.41) is 9.08. The van der Waals surface area contributed by atoms with Crippen LogP contribution in [-0.2, 0) is 0 Å². The van der Waals surface area contributed by atoms with E-state index in [2.05, 4.69) is 40.8 Å². The Morgan fingerprint density at radius 3 is 2.67 bits per heavy atom. The van der Waals surface area contributed by atoms with Crippen LogP contribution >= 0.6 is 0 Å². The van der Waals surface area contributed by atoms with Crippen LogP contribution < -0.4 is 4.90 Å². The highest BCUT2D eigenvalue weighted by Crippen LogP contribution is 2.16. The van der Waals surface area contributed by atoms with Crippen molar-refractivity contribution in [2.45, 2.75) is 26.3 Å². The summed E-state index contributed by atoms with van der Waals surface area (Å²) in [5.74, 6) is 1.06. The number of piperazine rings is 1. The largest absolute Gasteiger partial charge is 0.354 e. The average Bonchev–Trinajstić information content (AvgIpc) is 2.41. The molecule has 0 aliphatic carbocycles. The van der Waals surface area contributed by atoms with Crippen LogP contribution in [0, 0.1) is 18.3 Å². The van der Waals surface area contributed by atoms with Crippen molar-refractivity contribution < 1.29 is 0 Å². The van der Waals surface area contributed by atoms with E-state index < -0.39 is 0 Å². The van der Waals surface area contributed by atoms with E-state index in [0.717, 1.165) is 38.4 Å². The molecule has 1 aromatic rings. The van der Waals surface area contributed by atoms with Gasteiger partial charge >= 0.3 is 0 Å². The monoisotopic (exact) mass is 244 g/mol. The van der Waals surface area contributed by atoms with Crippen LogP contribution in [-0.4, -0.2) is 42.1 Å². The molecule has 96 valence electrons. The summed E-state index contributed by atoms with van der Waals surface area (Å²) in [6.45, 7) is 7.96. The summed E-state index contributed by atoms with van der Waals surface area (Å²) in [5.41, 5.74) is 1.24. The minimum Gasteiger partial charge on any atom is -0.354 e. The summed E-state index contributed by atoms with van der Waals surface area (Å²) in [6.07, 6.45) is 2.76. The fraction of sp³-hybridized carbons (Fsp3) is 0.571. The van der Waals surface area contributed by atoms with Crippen molar-refractivity contribution in [3.63, 3.8) is 0 Å². The minimum atomic E-state index is 0.0672. The molecule has 0 radical (unpaired) electrons. The average molecular weight is 244 g/mol. The molecule has 1 fully saturated rings. The molecule has 1 aliphatic heterocycles. The van der Waals surface area contributed by atoms with Gasteiger partial charge in [0.25, 0.3) is 0 Å². The third kappa shape index (κ3) is 2.80. The number of hydrogen-bond acceptors (Lipinski definition) is 4.